The van der Waals surface area contributed by atoms with Gasteiger partial charge < -0.3 is 10.1 Å². The molecule has 0 spiro atoms. The lowest BCUT2D eigenvalue weighted by molar-refractivity contribution is 0.102. The Morgan fingerprint density at radius 3 is 2.66 bits per heavy atom. The summed E-state index contributed by atoms with van der Waals surface area (Å²) in [6.07, 6.45) is 7.33. The summed E-state index contributed by atoms with van der Waals surface area (Å²) in [4.78, 5) is 20.9. The van der Waals surface area contributed by atoms with Gasteiger partial charge in [-0.1, -0.05) is 12.5 Å². The molecule has 9 heteroatoms. The zero-order valence-corrected chi connectivity index (χ0v) is 18.5. The summed E-state index contributed by atoms with van der Waals surface area (Å²) in [5.74, 6) is 0.494. The lowest BCUT2D eigenvalue weighted by atomic mass is 10.1. The Balaban J connectivity index is 1.45. The van der Waals surface area contributed by atoms with E-state index in [2.05, 4.69) is 15.3 Å². The number of benzene rings is 2. The molecule has 0 saturated carbocycles. The van der Waals surface area contributed by atoms with Crippen LogP contribution in [0, 0.1) is 0 Å². The van der Waals surface area contributed by atoms with E-state index in [0.717, 1.165) is 19.3 Å². The summed E-state index contributed by atoms with van der Waals surface area (Å²) in [5, 5.41) is 2.80. The van der Waals surface area contributed by atoms with Gasteiger partial charge in [0.25, 0.3) is 5.91 Å². The highest BCUT2D eigenvalue weighted by molar-refractivity contribution is 7.89. The highest BCUT2D eigenvalue weighted by atomic mass is 32.2. The molecule has 2 heterocycles. The minimum Gasteiger partial charge on any atom is -0.437 e. The molecule has 1 aliphatic rings. The molecule has 3 aromatic rings. The normalized spacial score (nSPS) is 17.0. The number of nitrogens with one attached hydrogen (secondary N) is 1. The molecule has 1 atom stereocenters. The van der Waals surface area contributed by atoms with Crippen LogP contribution in [0.5, 0.6) is 11.6 Å². The van der Waals surface area contributed by atoms with Crippen LogP contribution < -0.4 is 10.1 Å². The first-order valence-electron chi connectivity index (χ1n) is 10.4. The van der Waals surface area contributed by atoms with E-state index in [0.29, 0.717) is 29.4 Å². The highest BCUT2D eigenvalue weighted by Crippen LogP contribution is 2.26. The molecule has 166 valence electrons. The van der Waals surface area contributed by atoms with Gasteiger partial charge in [-0.2, -0.15) is 4.31 Å². The van der Waals surface area contributed by atoms with Crippen LogP contribution in [0.15, 0.2) is 72.0 Å². The second kappa shape index (κ2) is 9.46. The van der Waals surface area contributed by atoms with Crippen molar-refractivity contribution in [2.75, 3.05) is 11.9 Å². The molecule has 1 fully saturated rings. The number of rotatable bonds is 6. The van der Waals surface area contributed by atoms with Crippen molar-refractivity contribution >= 4 is 21.6 Å². The first-order valence-corrected chi connectivity index (χ1v) is 11.8. The van der Waals surface area contributed by atoms with E-state index in [-0.39, 0.29) is 16.8 Å². The Labute approximate surface area is 187 Å². The van der Waals surface area contributed by atoms with Crippen LogP contribution in [0.2, 0.25) is 0 Å². The molecule has 1 saturated heterocycles. The van der Waals surface area contributed by atoms with E-state index in [1.807, 2.05) is 6.92 Å². The average molecular weight is 453 g/mol. The number of amides is 1. The fourth-order valence-electron chi connectivity index (χ4n) is 3.64. The van der Waals surface area contributed by atoms with Crippen LogP contribution in [0.25, 0.3) is 0 Å². The van der Waals surface area contributed by atoms with E-state index < -0.39 is 10.0 Å². The number of carbonyl (C=O) groups excluding carboxylic acids is 1. The summed E-state index contributed by atoms with van der Waals surface area (Å²) in [7, 11) is -3.57. The Bertz CT molecular complexity index is 1180. The maximum absolute atomic E-state index is 13.0. The summed E-state index contributed by atoms with van der Waals surface area (Å²) in [6, 6.07) is 12.9. The second-order valence-corrected chi connectivity index (χ2v) is 9.50. The van der Waals surface area contributed by atoms with Crippen molar-refractivity contribution in [1.29, 1.82) is 0 Å². The number of sulfonamides is 1. The van der Waals surface area contributed by atoms with Gasteiger partial charge in [-0.3, -0.25) is 9.78 Å². The lowest BCUT2D eigenvalue weighted by Gasteiger charge is -2.32. The molecule has 1 amide bonds. The molecule has 0 radical (unpaired) electrons. The molecular weight excluding hydrogens is 428 g/mol. The third kappa shape index (κ3) is 4.95. The summed E-state index contributed by atoms with van der Waals surface area (Å²) in [5.41, 5.74) is 0.895. The first-order chi connectivity index (χ1) is 15.4. The van der Waals surface area contributed by atoms with Gasteiger partial charge in [-0.25, -0.2) is 13.4 Å². The maximum atomic E-state index is 13.0. The van der Waals surface area contributed by atoms with Crippen molar-refractivity contribution in [3.8, 4) is 11.6 Å². The summed E-state index contributed by atoms with van der Waals surface area (Å²) in [6.45, 7) is 2.46. The van der Waals surface area contributed by atoms with E-state index in [4.69, 9.17) is 4.74 Å². The number of carbonyl (C=O) groups is 1. The number of nitrogens with zero attached hydrogens (tertiary/aromatic N) is 3. The first kappa shape index (κ1) is 21.9. The zero-order chi connectivity index (χ0) is 22.6. The Kier molecular flexibility index (Phi) is 6.48. The standard InChI is InChI=1S/C23H24N4O4S/c1-17-5-2-3-14-27(17)32(29,30)21-10-8-18(9-11-21)23(28)26-19-6-4-7-20(15-19)31-22-16-24-12-13-25-22/h4,6-13,15-17H,2-3,5,14H2,1H3,(H,26,28). The van der Waals surface area contributed by atoms with Crippen LogP contribution in [0.1, 0.15) is 36.5 Å². The van der Waals surface area contributed by atoms with Crippen LogP contribution in [0.4, 0.5) is 5.69 Å². The number of aromatic nitrogens is 2. The van der Waals surface area contributed by atoms with Gasteiger partial charge in [0, 0.05) is 42.3 Å². The number of piperidine rings is 1. The smallest absolute Gasteiger partial charge is 0.255 e. The quantitative estimate of drug-likeness (QED) is 0.605. The van der Waals surface area contributed by atoms with Crippen molar-refractivity contribution in [2.24, 2.45) is 0 Å². The van der Waals surface area contributed by atoms with E-state index in [1.54, 1.807) is 34.8 Å². The molecule has 1 aromatic heterocycles. The Morgan fingerprint density at radius 1 is 1.12 bits per heavy atom. The topological polar surface area (TPSA) is 101 Å². The maximum Gasteiger partial charge on any atom is 0.255 e. The second-order valence-electron chi connectivity index (χ2n) is 7.61. The highest BCUT2D eigenvalue weighted by Gasteiger charge is 2.30. The van der Waals surface area contributed by atoms with Crippen LogP contribution in [-0.2, 0) is 10.0 Å². The average Bonchev–Trinajstić information content (AvgIpc) is 2.80. The lowest BCUT2D eigenvalue weighted by Crippen LogP contribution is -2.41. The molecule has 2 aromatic carbocycles. The van der Waals surface area contributed by atoms with Crippen molar-refractivity contribution in [2.45, 2.75) is 37.1 Å². The molecule has 1 aliphatic heterocycles. The molecule has 0 aliphatic carbocycles. The fraction of sp³-hybridized carbons (Fsp3) is 0.261. The molecule has 1 N–H and O–H groups in total. The minimum atomic E-state index is -3.57. The molecule has 8 nitrogen and oxygen atoms in total. The minimum absolute atomic E-state index is 0.0203. The van der Waals surface area contributed by atoms with Crippen LogP contribution in [0.3, 0.4) is 0 Å². The van der Waals surface area contributed by atoms with Crippen LogP contribution in [-0.4, -0.2) is 41.2 Å². The number of anilines is 1. The number of ether oxygens (including phenoxy) is 1. The van der Waals surface area contributed by atoms with Gasteiger partial charge in [-0.15, -0.1) is 0 Å². The predicted molar refractivity (Wildman–Crippen MR) is 120 cm³/mol. The number of hydrogen-bond acceptors (Lipinski definition) is 6. The van der Waals surface area contributed by atoms with E-state index in [1.165, 1.54) is 36.7 Å². The van der Waals surface area contributed by atoms with Gasteiger partial charge in [0.15, 0.2) is 0 Å². The summed E-state index contributed by atoms with van der Waals surface area (Å²) < 4.78 is 33.1. The predicted octanol–water partition coefficient (Wildman–Crippen LogP) is 4.08. The SMILES string of the molecule is CC1CCCCN1S(=O)(=O)c1ccc(C(=O)Nc2cccc(Oc3cnccn3)c2)cc1. The van der Waals surface area contributed by atoms with Gasteiger partial charge in [-0.05, 0) is 56.2 Å². The largest absolute Gasteiger partial charge is 0.437 e. The Morgan fingerprint density at radius 2 is 1.94 bits per heavy atom. The van der Waals surface area contributed by atoms with Gasteiger partial charge in [0.1, 0.15) is 5.75 Å². The summed E-state index contributed by atoms with van der Waals surface area (Å²) >= 11 is 0. The molecule has 1 unspecified atom stereocenters. The third-order valence-electron chi connectivity index (χ3n) is 5.32. The van der Waals surface area contributed by atoms with E-state index in [9.17, 15) is 13.2 Å². The monoisotopic (exact) mass is 452 g/mol. The van der Waals surface area contributed by atoms with Gasteiger partial charge >= 0.3 is 0 Å². The zero-order valence-electron chi connectivity index (χ0n) is 17.6. The third-order valence-corrected chi connectivity index (χ3v) is 7.35. The van der Waals surface area contributed by atoms with Crippen molar-refractivity contribution in [3.63, 3.8) is 0 Å². The fourth-order valence-corrected chi connectivity index (χ4v) is 5.34. The molecule has 4 rings (SSSR count). The molecule has 0 bridgehead atoms. The Hall–Kier alpha value is -3.30. The van der Waals surface area contributed by atoms with Crippen molar-refractivity contribution in [1.82, 2.24) is 14.3 Å². The number of hydrogen-bond donors (Lipinski definition) is 1. The van der Waals surface area contributed by atoms with Gasteiger partial charge in [0.05, 0.1) is 11.1 Å². The van der Waals surface area contributed by atoms with Crippen LogP contribution >= 0.6 is 0 Å². The van der Waals surface area contributed by atoms with Gasteiger partial charge in [0.2, 0.25) is 15.9 Å². The van der Waals surface area contributed by atoms with Crippen molar-refractivity contribution in [3.05, 3.63) is 72.7 Å². The molecular formula is C23H24N4O4S. The van der Waals surface area contributed by atoms with Crippen molar-refractivity contribution < 1.29 is 17.9 Å². The molecule has 32 heavy (non-hydrogen) atoms. The van der Waals surface area contributed by atoms with E-state index >= 15 is 0 Å².